The third kappa shape index (κ3) is 4.79. The fourth-order valence-corrected chi connectivity index (χ4v) is 3.43. The van der Waals surface area contributed by atoms with Crippen LogP contribution in [0.5, 0.6) is 0 Å². The van der Waals surface area contributed by atoms with Gasteiger partial charge in [0, 0.05) is 24.9 Å². The van der Waals surface area contributed by atoms with Crippen LogP contribution in [0.3, 0.4) is 0 Å². The highest BCUT2D eigenvalue weighted by atomic mass is 32.2. The summed E-state index contributed by atoms with van der Waals surface area (Å²) in [6.07, 6.45) is 2.79. The van der Waals surface area contributed by atoms with E-state index in [2.05, 4.69) is 21.8 Å². The van der Waals surface area contributed by atoms with Crippen molar-refractivity contribution < 1.29 is 12.8 Å². The van der Waals surface area contributed by atoms with Gasteiger partial charge in [0.15, 0.2) is 9.84 Å². The van der Waals surface area contributed by atoms with E-state index in [1.165, 1.54) is 0 Å². The highest BCUT2D eigenvalue weighted by molar-refractivity contribution is 7.91. The first-order chi connectivity index (χ1) is 9.89. The van der Waals surface area contributed by atoms with Gasteiger partial charge in [-0.05, 0) is 26.9 Å². The minimum absolute atomic E-state index is 0.230. The molecule has 2 heterocycles. The first-order valence-electron chi connectivity index (χ1n) is 7.44. The molecule has 1 fully saturated rings. The van der Waals surface area contributed by atoms with Crippen LogP contribution in [-0.4, -0.2) is 67.4 Å². The number of aryl methyl sites for hydroxylation is 1. The van der Waals surface area contributed by atoms with Gasteiger partial charge in [-0.25, -0.2) is 13.4 Å². The van der Waals surface area contributed by atoms with Crippen LogP contribution >= 0.6 is 0 Å². The summed E-state index contributed by atoms with van der Waals surface area (Å²) in [5.41, 5.74) is 0. The lowest BCUT2D eigenvalue weighted by molar-refractivity contribution is 0.208. The van der Waals surface area contributed by atoms with E-state index in [-0.39, 0.29) is 11.5 Å². The Kier molecular flexibility index (Phi) is 5.40. The Bertz CT molecular complexity index is 556. The molecule has 1 aromatic rings. The topological polar surface area (TPSA) is 66.7 Å². The van der Waals surface area contributed by atoms with E-state index in [1.54, 1.807) is 13.1 Å². The van der Waals surface area contributed by atoms with Crippen molar-refractivity contribution in [3.05, 3.63) is 17.8 Å². The number of oxazole rings is 1. The van der Waals surface area contributed by atoms with Crippen molar-refractivity contribution in [2.45, 2.75) is 32.9 Å². The molecule has 7 heteroatoms. The molecule has 1 saturated heterocycles. The molecular weight excluding hydrogens is 290 g/mol. The Hall–Kier alpha value is -0.920. The summed E-state index contributed by atoms with van der Waals surface area (Å²) in [4.78, 5) is 8.69. The van der Waals surface area contributed by atoms with E-state index in [4.69, 9.17) is 4.42 Å². The van der Waals surface area contributed by atoms with Gasteiger partial charge in [0.05, 0.1) is 18.5 Å². The van der Waals surface area contributed by atoms with Gasteiger partial charge in [-0.2, -0.15) is 0 Å². The largest absolute Gasteiger partial charge is 0.445 e. The summed E-state index contributed by atoms with van der Waals surface area (Å²) in [6.45, 7) is 6.79. The molecule has 0 N–H and O–H groups in total. The maximum absolute atomic E-state index is 11.6. The Morgan fingerprint density at radius 1 is 1.52 bits per heavy atom. The molecule has 1 aliphatic rings. The second kappa shape index (κ2) is 6.89. The van der Waals surface area contributed by atoms with Crippen molar-refractivity contribution in [1.82, 2.24) is 14.8 Å². The molecule has 0 saturated carbocycles. The van der Waals surface area contributed by atoms with Gasteiger partial charge in [0.1, 0.15) is 5.76 Å². The van der Waals surface area contributed by atoms with Crippen molar-refractivity contribution in [2.75, 3.05) is 38.2 Å². The van der Waals surface area contributed by atoms with E-state index < -0.39 is 9.84 Å². The van der Waals surface area contributed by atoms with Gasteiger partial charge in [-0.1, -0.05) is 6.92 Å². The zero-order valence-corrected chi connectivity index (χ0v) is 13.9. The molecule has 0 aromatic carbocycles. The van der Waals surface area contributed by atoms with E-state index in [0.29, 0.717) is 19.1 Å². The monoisotopic (exact) mass is 315 g/mol. The van der Waals surface area contributed by atoms with Crippen LogP contribution < -0.4 is 0 Å². The fourth-order valence-electron chi connectivity index (χ4n) is 2.60. The lowest BCUT2D eigenvalue weighted by Gasteiger charge is -2.23. The molecule has 1 aliphatic heterocycles. The molecule has 21 heavy (non-hydrogen) atoms. The van der Waals surface area contributed by atoms with Gasteiger partial charge in [-0.15, -0.1) is 0 Å². The van der Waals surface area contributed by atoms with Crippen LogP contribution in [0.25, 0.3) is 0 Å². The van der Waals surface area contributed by atoms with E-state index in [1.807, 2.05) is 6.92 Å². The number of sulfone groups is 1. The molecule has 0 spiro atoms. The first kappa shape index (κ1) is 16.5. The van der Waals surface area contributed by atoms with Gasteiger partial charge >= 0.3 is 0 Å². The average Bonchev–Trinajstić information content (AvgIpc) is 3.06. The van der Waals surface area contributed by atoms with Crippen LogP contribution in [0.1, 0.15) is 25.0 Å². The summed E-state index contributed by atoms with van der Waals surface area (Å²) in [6, 6.07) is 0.432. The molecular formula is C14H25N3O3S. The van der Waals surface area contributed by atoms with Crippen LogP contribution in [0.15, 0.2) is 10.6 Å². The fraction of sp³-hybridized carbons (Fsp3) is 0.786. The van der Waals surface area contributed by atoms with Crippen molar-refractivity contribution in [3.8, 4) is 0 Å². The Labute approximate surface area is 127 Å². The van der Waals surface area contributed by atoms with E-state index in [0.717, 1.165) is 31.2 Å². The summed E-state index contributed by atoms with van der Waals surface area (Å²) < 4.78 is 28.6. The number of likely N-dealkylation sites (tertiary alicyclic amines) is 1. The molecule has 0 radical (unpaired) electrons. The lowest BCUT2D eigenvalue weighted by atomic mass is 10.2. The smallest absolute Gasteiger partial charge is 0.208 e. The Morgan fingerprint density at radius 3 is 2.90 bits per heavy atom. The zero-order valence-electron chi connectivity index (χ0n) is 13.1. The third-order valence-electron chi connectivity index (χ3n) is 4.08. The number of nitrogens with zero attached hydrogens (tertiary/aromatic N) is 3. The Balaban J connectivity index is 1.79. The predicted molar refractivity (Wildman–Crippen MR) is 81.9 cm³/mol. The van der Waals surface area contributed by atoms with Gasteiger partial charge < -0.3 is 9.32 Å². The lowest BCUT2D eigenvalue weighted by Crippen LogP contribution is -2.35. The quantitative estimate of drug-likeness (QED) is 0.745. The highest BCUT2D eigenvalue weighted by Crippen LogP contribution is 2.16. The molecule has 0 aliphatic carbocycles. The molecule has 0 amide bonds. The molecule has 0 unspecified atom stereocenters. The summed E-state index contributed by atoms with van der Waals surface area (Å²) in [7, 11) is -0.805. The average molecular weight is 315 g/mol. The summed E-state index contributed by atoms with van der Waals surface area (Å²) in [5, 5.41) is 0. The number of rotatable bonds is 7. The van der Waals surface area contributed by atoms with Crippen molar-refractivity contribution in [2.24, 2.45) is 0 Å². The molecule has 120 valence electrons. The number of hydrogen-bond donors (Lipinski definition) is 0. The van der Waals surface area contributed by atoms with Crippen molar-refractivity contribution in [1.29, 1.82) is 0 Å². The molecule has 0 bridgehead atoms. The van der Waals surface area contributed by atoms with Crippen molar-refractivity contribution in [3.63, 3.8) is 0 Å². The van der Waals surface area contributed by atoms with E-state index in [9.17, 15) is 8.42 Å². The standard InChI is InChI=1S/C14H25N3O3S/c1-4-21(18,19)8-7-17-6-5-13(10-17)16(3)11-14-15-9-12(2)20-14/h9,13H,4-8,10-11H2,1-3H3/t13-/m0/s1. The molecule has 6 nitrogen and oxygen atoms in total. The SMILES string of the molecule is CCS(=O)(=O)CCN1CC[C@H](N(C)Cc2ncc(C)o2)C1. The van der Waals surface area contributed by atoms with Crippen LogP contribution in [0.4, 0.5) is 0 Å². The zero-order chi connectivity index (χ0) is 15.5. The van der Waals surface area contributed by atoms with Crippen LogP contribution in [0.2, 0.25) is 0 Å². The number of aromatic nitrogens is 1. The van der Waals surface area contributed by atoms with Gasteiger partial charge in [0.2, 0.25) is 5.89 Å². The number of likely N-dealkylation sites (N-methyl/N-ethyl adjacent to an activating group) is 1. The minimum Gasteiger partial charge on any atom is -0.445 e. The van der Waals surface area contributed by atoms with Crippen molar-refractivity contribution >= 4 is 9.84 Å². The van der Waals surface area contributed by atoms with Crippen LogP contribution in [0, 0.1) is 6.92 Å². The normalized spacial score (nSPS) is 20.5. The minimum atomic E-state index is -2.87. The molecule has 1 atom stereocenters. The maximum Gasteiger partial charge on any atom is 0.208 e. The first-order valence-corrected chi connectivity index (χ1v) is 9.26. The molecule has 2 rings (SSSR count). The number of hydrogen-bond acceptors (Lipinski definition) is 6. The van der Waals surface area contributed by atoms with E-state index >= 15 is 0 Å². The highest BCUT2D eigenvalue weighted by Gasteiger charge is 2.27. The predicted octanol–water partition coefficient (Wildman–Crippen LogP) is 0.924. The van der Waals surface area contributed by atoms with Gasteiger partial charge in [-0.3, -0.25) is 4.90 Å². The second-order valence-electron chi connectivity index (χ2n) is 5.76. The molecule has 1 aromatic heterocycles. The maximum atomic E-state index is 11.6. The Morgan fingerprint density at radius 2 is 2.29 bits per heavy atom. The van der Waals surface area contributed by atoms with Gasteiger partial charge in [0.25, 0.3) is 0 Å². The summed E-state index contributed by atoms with van der Waals surface area (Å²) in [5.74, 6) is 2.06. The summed E-state index contributed by atoms with van der Waals surface area (Å²) >= 11 is 0. The third-order valence-corrected chi connectivity index (χ3v) is 5.77. The second-order valence-corrected chi connectivity index (χ2v) is 8.23. The van der Waals surface area contributed by atoms with Crippen LogP contribution in [-0.2, 0) is 16.4 Å².